The van der Waals surface area contributed by atoms with E-state index in [4.69, 9.17) is 14.5 Å². The molecule has 1 saturated heterocycles. The minimum Gasteiger partial charge on any atom is -0.296 e. The molecule has 2 aliphatic heterocycles. The van der Waals surface area contributed by atoms with Crippen LogP contribution < -0.4 is 0 Å². The standard InChI is InChI=1S/C20H14O3/c1-3-9-15(10-4-1)19-17-13-7-8-14-18(17)20(21-19,23-22-19)16-11-5-2-6-12-16/h1-14H/t19-,20?/m1/s1. The van der Waals surface area contributed by atoms with Crippen LogP contribution in [-0.4, -0.2) is 0 Å². The normalized spacial score (nSPS) is 27.8. The van der Waals surface area contributed by atoms with E-state index in [-0.39, 0.29) is 0 Å². The van der Waals surface area contributed by atoms with Crippen molar-refractivity contribution < 1.29 is 14.5 Å². The molecule has 23 heavy (non-hydrogen) atoms. The summed E-state index contributed by atoms with van der Waals surface area (Å²) in [5, 5.41) is 0. The van der Waals surface area contributed by atoms with Gasteiger partial charge in [-0.3, -0.25) is 4.74 Å². The molecule has 2 heterocycles. The molecule has 0 spiro atoms. The zero-order valence-corrected chi connectivity index (χ0v) is 12.3. The second kappa shape index (κ2) is 4.52. The van der Waals surface area contributed by atoms with Crippen molar-refractivity contribution in [3.8, 4) is 0 Å². The van der Waals surface area contributed by atoms with Crippen molar-refractivity contribution >= 4 is 0 Å². The molecule has 3 heteroatoms. The molecule has 3 nitrogen and oxygen atoms in total. The minimum absolute atomic E-state index is 0.919. The number of ether oxygens (including phenoxy) is 1. The van der Waals surface area contributed by atoms with Gasteiger partial charge in [-0.05, 0) is 0 Å². The van der Waals surface area contributed by atoms with Crippen molar-refractivity contribution in [3.05, 3.63) is 107 Å². The fraction of sp³-hybridized carbons (Fsp3) is 0.100. The van der Waals surface area contributed by atoms with E-state index in [2.05, 4.69) is 0 Å². The molecule has 0 radical (unpaired) electrons. The number of benzene rings is 3. The summed E-state index contributed by atoms with van der Waals surface area (Å²) in [5.41, 5.74) is 3.81. The maximum absolute atomic E-state index is 6.45. The largest absolute Gasteiger partial charge is 0.296 e. The highest BCUT2D eigenvalue weighted by atomic mass is 17.3. The first-order chi connectivity index (χ1) is 11.4. The van der Waals surface area contributed by atoms with Gasteiger partial charge in [0, 0.05) is 22.3 Å². The lowest BCUT2D eigenvalue weighted by Crippen LogP contribution is -2.28. The molecule has 3 aromatic rings. The Labute approximate surface area is 134 Å². The van der Waals surface area contributed by atoms with Gasteiger partial charge in [-0.1, -0.05) is 84.9 Å². The van der Waals surface area contributed by atoms with Gasteiger partial charge in [-0.25, -0.2) is 0 Å². The quantitative estimate of drug-likeness (QED) is 0.668. The average Bonchev–Trinajstić information content (AvgIpc) is 3.19. The van der Waals surface area contributed by atoms with Gasteiger partial charge in [0.15, 0.2) is 0 Å². The smallest absolute Gasteiger partial charge is 0.257 e. The van der Waals surface area contributed by atoms with Crippen molar-refractivity contribution in [3.63, 3.8) is 0 Å². The minimum atomic E-state index is -1.02. The van der Waals surface area contributed by atoms with Gasteiger partial charge in [-0.15, -0.1) is 0 Å². The summed E-state index contributed by atoms with van der Waals surface area (Å²) in [6, 6.07) is 27.9. The van der Waals surface area contributed by atoms with Gasteiger partial charge in [0.2, 0.25) is 0 Å². The third kappa shape index (κ3) is 1.59. The van der Waals surface area contributed by atoms with Crippen molar-refractivity contribution in [2.24, 2.45) is 0 Å². The van der Waals surface area contributed by atoms with Gasteiger partial charge >= 0.3 is 0 Å². The Kier molecular flexibility index (Phi) is 2.56. The van der Waals surface area contributed by atoms with Crippen LogP contribution in [0, 0.1) is 0 Å². The summed E-state index contributed by atoms with van der Waals surface area (Å²) >= 11 is 0. The molecule has 0 aromatic heterocycles. The predicted molar refractivity (Wildman–Crippen MR) is 84.1 cm³/mol. The third-order valence-electron chi connectivity index (χ3n) is 4.51. The lowest BCUT2D eigenvalue weighted by molar-refractivity contribution is -0.351. The fourth-order valence-corrected chi connectivity index (χ4v) is 3.45. The molecular weight excluding hydrogens is 288 g/mol. The SMILES string of the molecule is c1ccc(C23OO[C@@](c4ccccc4)(O2)c2ccccc23)cc1. The average molecular weight is 302 g/mol. The van der Waals surface area contributed by atoms with Crippen molar-refractivity contribution in [2.75, 3.05) is 0 Å². The van der Waals surface area contributed by atoms with Crippen LogP contribution in [0.1, 0.15) is 22.3 Å². The van der Waals surface area contributed by atoms with E-state index in [0.717, 1.165) is 22.3 Å². The lowest BCUT2D eigenvalue weighted by atomic mass is 9.90. The topological polar surface area (TPSA) is 27.7 Å². The summed E-state index contributed by atoms with van der Waals surface area (Å²) in [5.74, 6) is -2.04. The predicted octanol–water partition coefficient (Wildman–Crippen LogP) is 4.08. The summed E-state index contributed by atoms with van der Waals surface area (Å²) in [6.45, 7) is 0. The van der Waals surface area contributed by atoms with Crippen LogP contribution in [0.15, 0.2) is 84.9 Å². The lowest BCUT2D eigenvalue weighted by Gasteiger charge is -2.26. The van der Waals surface area contributed by atoms with E-state index in [9.17, 15) is 0 Å². The molecule has 0 N–H and O–H groups in total. The first kappa shape index (κ1) is 13.0. The van der Waals surface area contributed by atoms with Crippen LogP contribution in [0.4, 0.5) is 0 Å². The molecule has 5 rings (SSSR count). The van der Waals surface area contributed by atoms with Crippen molar-refractivity contribution in [1.82, 2.24) is 0 Å². The van der Waals surface area contributed by atoms with Gasteiger partial charge < -0.3 is 0 Å². The molecule has 0 aliphatic carbocycles. The Bertz CT molecular complexity index is 790. The molecular formula is C20H14O3. The van der Waals surface area contributed by atoms with Crippen molar-refractivity contribution in [1.29, 1.82) is 0 Å². The second-order valence-corrected chi connectivity index (χ2v) is 5.78. The number of fused-ring (bicyclic) bond motifs is 5. The first-order valence-corrected chi connectivity index (χ1v) is 7.63. The van der Waals surface area contributed by atoms with Crippen LogP contribution in [0.25, 0.3) is 0 Å². The summed E-state index contributed by atoms with van der Waals surface area (Å²) in [6.07, 6.45) is 0. The van der Waals surface area contributed by atoms with E-state index >= 15 is 0 Å². The first-order valence-electron chi connectivity index (χ1n) is 7.63. The highest BCUT2D eigenvalue weighted by molar-refractivity contribution is 5.50. The summed E-state index contributed by atoms with van der Waals surface area (Å²) in [7, 11) is 0. The molecule has 3 aromatic carbocycles. The van der Waals surface area contributed by atoms with E-state index in [1.807, 2.05) is 84.9 Å². The fourth-order valence-electron chi connectivity index (χ4n) is 3.45. The highest BCUT2D eigenvalue weighted by Crippen LogP contribution is 2.60. The van der Waals surface area contributed by atoms with Crippen LogP contribution in [0.5, 0.6) is 0 Å². The van der Waals surface area contributed by atoms with E-state index in [0.29, 0.717) is 0 Å². The molecule has 2 bridgehead atoms. The van der Waals surface area contributed by atoms with Crippen LogP contribution in [0.2, 0.25) is 0 Å². The molecule has 1 unspecified atom stereocenters. The summed E-state index contributed by atoms with van der Waals surface area (Å²) < 4.78 is 6.45. The monoisotopic (exact) mass is 302 g/mol. The Balaban J connectivity index is 1.78. The van der Waals surface area contributed by atoms with E-state index < -0.39 is 11.6 Å². The molecule has 0 amide bonds. The van der Waals surface area contributed by atoms with Crippen molar-refractivity contribution in [2.45, 2.75) is 11.6 Å². The van der Waals surface area contributed by atoms with Gasteiger partial charge in [0.05, 0.1) is 0 Å². The third-order valence-corrected chi connectivity index (χ3v) is 4.51. The molecule has 2 atom stereocenters. The Morgan fingerprint density at radius 2 is 0.870 bits per heavy atom. The molecule has 2 aliphatic rings. The van der Waals surface area contributed by atoms with Gasteiger partial charge in [-0.2, -0.15) is 9.78 Å². The Morgan fingerprint density at radius 1 is 0.478 bits per heavy atom. The Morgan fingerprint density at radius 3 is 1.30 bits per heavy atom. The zero-order chi connectivity index (χ0) is 15.3. The van der Waals surface area contributed by atoms with E-state index in [1.165, 1.54) is 0 Å². The van der Waals surface area contributed by atoms with Crippen LogP contribution >= 0.6 is 0 Å². The van der Waals surface area contributed by atoms with Gasteiger partial charge in [0.25, 0.3) is 11.6 Å². The number of hydrogen-bond donors (Lipinski definition) is 0. The van der Waals surface area contributed by atoms with E-state index in [1.54, 1.807) is 0 Å². The summed E-state index contributed by atoms with van der Waals surface area (Å²) in [4.78, 5) is 11.6. The maximum Gasteiger partial charge on any atom is 0.257 e. The molecule has 1 fully saturated rings. The van der Waals surface area contributed by atoms with Crippen LogP contribution in [0.3, 0.4) is 0 Å². The maximum atomic E-state index is 6.45. The molecule has 112 valence electrons. The molecule has 0 saturated carbocycles. The zero-order valence-electron chi connectivity index (χ0n) is 12.3. The highest BCUT2D eigenvalue weighted by Gasteiger charge is 2.65. The van der Waals surface area contributed by atoms with Gasteiger partial charge in [0.1, 0.15) is 0 Å². The second-order valence-electron chi connectivity index (χ2n) is 5.78. The number of hydrogen-bond acceptors (Lipinski definition) is 3. The number of rotatable bonds is 2. The Hall–Kier alpha value is -2.46. The van der Waals surface area contributed by atoms with Crippen LogP contribution in [-0.2, 0) is 26.1 Å².